The Kier molecular flexibility index (Phi) is 4.74. The normalized spacial score (nSPS) is 10.3. The Morgan fingerprint density at radius 1 is 1.32 bits per heavy atom. The molecule has 0 aliphatic rings. The Labute approximate surface area is 119 Å². The van der Waals surface area contributed by atoms with Crippen LogP contribution in [0.25, 0.3) is 0 Å². The van der Waals surface area contributed by atoms with Gasteiger partial charge in [-0.05, 0) is 52.7 Å². The lowest BCUT2D eigenvalue weighted by Gasteiger charge is -2.10. The van der Waals surface area contributed by atoms with Crippen molar-refractivity contribution < 1.29 is 13.9 Å². The number of halogens is 2. The summed E-state index contributed by atoms with van der Waals surface area (Å²) in [5.74, 6) is 1.10. The largest absolute Gasteiger partial charge is 0.488 e. The molecule has 5 heteroatoms. The van der Waals surface area contributed by atoms with Crippen LogP contribution < -0.4 is 9.47 Å². The smallest absolute Gasteiger partial charge is 0.262 e. The molecular formula is C14H13BrFNO2. The van der Waals surface area contributed by atoms with Gasteiger partial charge in [-0.3, -0.25) is 0 Å². The summed E-state index contributed by atoms with van der Waals surface area (Å²) in [7, 11) is 0. The first-order valence-electron chi connectivity index (χ1n) is 5.91. The van der Waals surface area contributed by atoms with Crippen LogP contribution in [0.4, 0.5) is 4.39 Å². The number of pyridine rings is 1. The average Bonchev–Trinajstić information content (AvgIpc) is 2.42. The van der Waals surface area contributed by atoms with Crippen molar-refractivity contribution in [3.05, 3.63) is 46.8 Å². The minimum absolute atomic E-state index is 0.337. The fourth-order valence-corrected chi connectivity index (χ4v) is 1.78. The summed E-state index contributed by atoms with van der Waals surface area (Å²) in [5.41, 5.74) is 0. The molecule has 0 spiro atoms. The third kappa shape index (κ3) is 3.67. The second-order valence-corrected chi connectivity index (χ2v) is 4.69. The van der Waals surface area contributed by atoms with Crippen LogP contribution in [0.2, 0.25) is 0 Å². The maximum Gasteiger partial charge on any atom is 0.262 e. The predicted molar refractivity (Wildman–Crippen MR) is 74.2 cm³/mol. The molecule has 0 amide bonds. The number of aromatic nitrogens is 1. The monoisotopic (exact) mass is 325 g/mol. The molecule has 1 aromatic carbocycles. The number of hydrogen-bond acceptors (Lipinski definition) is 3. The third-order valence-corrected chi connectivity index (χ3v) is 2.91. The first-order chi connectivity index (χ1) is 9.20. The number of hydrogen-bond donors (Lipinski definition) is 0. The highest BCUT2D eigenvalue weighted by molar-refractivity contribution is 9.10. The number of ether oxygens (including phenoxy) is 2. The molecule has 0 aliphatic carbocycles. The van der Waals surface area contributed by atoms with Crippen LogP contribution in [-0.2, 0) is 0 Å². The standard InChI is InChI=1S/C14H13BrFNO2/c1-2-8-18-13-4-3-7-17-14(13)19-10-5-6-12(16)11(15)9-10/h3-7,9H,2,8H2,1H3. The van der Waals surface area contributed by atoms with Crippen molar-refractivity contribution in [1.82, 2.24) is 4.98 Å². The summed E-state index contributed by atoms with van der Waals surface area (Å²) in [5, 5.41) is 0. The summed E-state index contributed by atoms with van der Waals surface area (Å²) < 4.78 is 24.6. The number of rotatable bonds is 5. The lowest BCUT2D eigenvalue weighted by atomic mass is 10.3. The molecule has 100 valence electrons. The van der Waals surface area contributed by atoms with Crippen LogP contribution in [0.1, 0.15) is 13.3 Å². The van der Waals surface area contributed by atoms with Gasteiger partial charge in [-0.15, -0.1) is 0 Å². The fourth-order valence-electron chi connectivity index (χ4n) is 1.43. The summed E-state index contributed by atoms with van der Waals surface area (Å²) >= 11 is 3.11. The van der Waals surface area contributed by atoms with E-state index in [-0.39, 0.29) is 5.82 Å². The van der Waals surface area contributed by atoms with Crippen LogP contribution in [0, 0.1) is 5.82 Å². The van der Waals surface area contributed by atoms with Gasteiger partial charge < -0.3 is 9.47 Å². The average molecular weight is 326 g/mol. The highest BCUT2D eigenvalue weighted by atomic mass is 79.9. The SMILES string of the molecule is CCCOc1cccnc1Oc1ccc(F)c(Br)c1. The molecule has 3 nitrogen and oxygen atoms in total. The molecule has 1 heterocycles. The zero-order chi connectivity index (χ0) is 13.7. The first kappa shape index (κ1) is 13.8. The summed E-state index contributed by atoms with van der Waals surface area (Å²) in [6.45, 7) is 2.61. The molecule has 0 saturated carbocycles. The second kappa shape index (κ2) is 6.52. The van der Waals surface area contributed by atoms with Gasteiger partial charge in [0.15, 0.2) is 5.75 Å². The topological polar surface area (TPSA) is 31.4 Å². The molecular weight excluding hydrogens is 313 g/mol. The highest BCUT2D eigenvalue weighted by Crippen LogP contribution is 2.30. The zero-order valence-electron chi connectivity index (χ0n) is 10.4. The summed E-state index contributed by atoms with van der Waals surface area (Å²) in [6, 6.07) is 7.98. The van der Waals surface area contributed by atoms with E-state index in [1.54, 1.807) is 30.5 Å². The van der Waals surface area contributed by atoms with Crippen LogP contribution in [-0.4, -0.2) is 11.6 Å². The van der Waals surface area contributed by atoms with Crippen LogP contribution >= 0.6 is 15.9 Å². The molecule has 2 aromatic rings. The van der Waals surface area contributed by atoms with Crippen molar-refractivity contribution in [2.24, 2.45) is 0 Å². The molecule has 0 bridgehead atoms. The van der Waals surface area contributed by atoms with Crippen molar-refractivity contribution in [2.75, 3.05) is 6.61 Å². The van der Waals surface area contributed by atoms with Gasteiger partial charge in [0.1, 0.15) is 11.6 Å². The molecule has 2 rings (SSSR count). The zero-order valence-corrected chi connectivity index (χ0v) is 12.0. The van der Waals surface area contributed by atoms with Crippen molar-refractivity contribution in [2.45, 2.75) is 13.3 Å². The molecule has 0 aliphatic heterocycles. The molecule has 19 heavy (non-hydrogen) atoms. The van der Waals surface area contributed by atoms with Crippen LogP contribution in [0.5, 0.6) is 17.4 Å². The lowest BCUT2D eigenvalue weighted by Crippen LogP contribution is -1.98. The predicted octanol–water partition coefficient (Wildman–Crippen LogP) is 4.56. The minimum Gasteiger partial charge on any atom is -0.488 e. The fraction of sp³-hybridized carbons (Fsp3) is 0.214. The van der Waals surface area contributed by atoms with Gasteiger partial charge in [0.2, 0.25) is 0 Å². The van der Waals surface area contributed by atoms with E-state index >= 15 is 0 Å². The number of benzene rings is 1. The highest BCUT2D eigenvalue weighted by Gasteiger charge is 2.08. The molecule has 0 atom stereocenters. The Bertz CT molecular complexity index is 563. The lowest BCUT2D eigenvalue weighted by molar-refractivity contribution is 0.298. The Morgan fingerprint density at radius 3 is 2.89 bits per heavy atom. The van der Waals surface area contributed by atoms with E-state index in [0.29, 0.717) is 28.5 Å². The molecule has 1 aromatic heterocycles. The van der Waals surface area contributed by atoms with Gasteiger partial charge in [0.05, 0.1) is 11.1 Å². The maximum absolute atomic E-state index is 13.1. The van der Waals surface area contributed by atoms with E-state index in [1.165, 1.54) is 6.07 Å². The Morgan fingerprint density at radius 2 is 2.16 bits per heavy atom. The van der Waals surface area contributed by atoms with Crippen molar-refractivity contribution >= 4 is 15.9 Å². The summed E-state index contributed by atoms with van der Waals surface area (Å²) in [6.07, 6.45) is 2.52. The van der Waals surface area contributed by atoms with E-state index in [4.69, 9.17) is 9.47 Å². The molecule has 0 N–H and O–H groups in total. The van der Waals surface area contributed by atoms with Crippen LogP contribution in [0.15, 0.2) is 41.0 Å². The van der Waals surface area contributed by atoms with Gasteiger partial charge in [-0.2, -0.15) is 0 Å². The molecule has 0 unspecified atom stereocenters. The summed E-state index contributed by atoms with van der Waals surface area (Å²) in [4.78, 5) is 4.12. The molecule has 0 fully saturated rings. The Balaban J connectivity index is 2.20. The van der Waals surface area contributed by atoms with Crippen molar-refractivity contribution in [1.29, 1.82) is 0 Å². The van der Waals surface area contributed by atoms with E-state index in [0.717, 1.165) is 6.42 Å². The van der Waals surface area contributed by atoms with Crippen molar-refractivity contribution in [3.8, 4) is 17.4 Å². The van der Waals surface area contributed by atoms with Gasteiger partial charge in [0.25, 0.3) is 5.88 Å². The van der Waals surface area contributed by atoms with E-state index in [2.05, 4.69) is 20.9 Å². The van der Waals surface area contributed by atoms with Crippen LogP contribution in [0.3, 0.4) is 0 Å². The second-order valence-electron chi connectivity index (χ2n) is 3.83. The minimum atomic E-state index is -0.337. The van der Waals surface area contributed by atoms with Gasteiger partial charge in [-0.1, -0.05) is 6.92 Å². The van der Waals surface area contributed by atoms with E-state index in [1.807, 2.05) is 6.92 Å². The van der Waals surface area contributed by atoms with Gasteiger partial charge >= 0.3 is 0 Å². The first-order valence-corrected chi connectivity index (χ1v) is 6.70. The van der Waals surface area contributed by atoms with E-state index in [9.17, 15) is 4.39 Å². The van der Waals surface area contributed by atoms with Crippen molar-refractivity contribution in [3.63, 3.8) is 0 Å². The number of nitrogens with zero attached hydrogens (tertiary/aromatic N) is 1. The molecule has 0 saturated heterocycles. The maximum atomic E-state index is 13.1. The van der Waals surface area contributed by atoms with Gasteiger partial charge in [0, 0.05) is 6.20 Å². The third-order valence-electron chi connectivity index (χ3n) is 2.30. The quantitative estimate of drug-likeness (QED) is 0.807. The van der Waals surface area contributed by atoms with E-state index < -0.39 is 0 Å². The van der Waals surface area contributed by atoms with Gasteiger partial charge in [-0.25, -0.2) is 9.37 Å². The molecule has 0 radical (unpaired) electrons. The Hall–Kier alpha value is -1.62.